The van der Waals surface area contributed by atoms with Crippen molar-refractivity contribution in [3.63, 3.8) is 0 Å². The molecule has 0 unspecified atom stereocenters. The Bertz CT molecular complexity index is 703. The van der Waals surface area contributed by atoms with Gasteiger partial charge < -0.3 is 5.32 Å². The van der Waals surface area contributed by atoms with E-state index in [1.54, 1.807) is 41.2 Å². The van der Waals surface area contributed by atoms with Gasteiger partial charge in [0.2, 0.25) is 0 Å². The van der Waals surface area contributed by atoms with Gasteiger partial charge in [-0.2, -0.15) is 10.2 Å². The van der Waals surface area contributed by atoms with Crippen LogP contribution in [-0.2, 0) is 0 Å². The van der Waals surface area contributed by atoms with Crippen LogP contribution in [0.25, 0.3) is 5.52 Å². The molecule has 3 heterocycles. The topological polar surface area (TPSA) is 75.1 Å². The van der Waals surface area contributed by atoms with Gasteiger partial charge in [-0.3, -0.25) is 9.89 Å². The van der Waals surface area contributed by atoms with Crippen LogP contribution in [0.5, 0.6) is 0 Å². The summed E-state index contributed by atoms with van der Waals surface area (Å²) in [6.45, 7) is 0. The van der Waals surface area contributed by atoms with Gasteiger partial charge >= 0.3 is 0 Å². The molecule has 0 aliphatic carbocycles. The summed E-state index contributed by atoms with van der Waals surface area (Å²) in [6, 6.07) is 6.77. The largest absolute Gasteiger partial charge is 0.306 e. The first-order chi connectivity index (χ1) is 8.72. The Kier molecular flexibility index (Phi) is 2.49. The lowest BCUT2D eigenvalue weighted by Gasteiger charge is -1.97. The molecule has 3 aromatic rings. The standard InChI is InChI=1S/C11H8ClN5O/c12-7-2-4-17-8(5-7)6-9(16-17)11(18)14-10-1-3-13-15-10/h1-6H,(H2,13,14,15,18). The molecular formula is C11H8ClN5O. The van der Waals surface area contributed by atoms with Crippen LogP contribution in [0.15, 0.2) is 36.7 Å². The molecule has 0 spiro atoms. The fraction of sp³-hybridized carbons (Fsp3) is 0. The molecule has 3 aromatic heterocycles. The van der Waals surface area contributed by atoms with Crippen molar-refractivity contribution in [3.05, 3.63) is 47.4 Å². The Labute approximate surface area is 107 Å². The first-order valence-electron chi connectivity index (χ1n) is 5.18. The van der Waals surface area contributed by atoms with Crippen molar-refractivity contribution < 1.29 is 4.79 Å². The summed E-state index contributed by atoms with van der Waals surface area (Å²) in [5.41, 5.74) is 1.07. The maximum atomic E-state index is 11.9. The number of rotatable bonds is 2. The summed E-state index contributed by atoms with van der Waals surface area (Å²) in [6.07, 6.45) is 3.25. The first-order valence-corrected chi connectivity index (χ1v) is 5.56. The molecule has 0 aliphatic rings. The number of carbonyl (C=O) groups is 1. The second kappa shape index (κ2) is 4.15. The van der Waals surface area contributed by atoms with Gasteiger partial charge in [0, 0.05) is 17.3 Å². The molecule has 0 saturated carbocycles. The maximum absolute atomic E-state index is 11.9. The Hall–Kier alpha value is -2.34. The van der Waals surface area contributed by atoms with E-state index in [0.29, 0.717) is 16.5 Å². The molecule has 0 bridgehead atoms. The molecule has 0 aromatic carbocycles. The zero-order valence-corrected chi connectivity index (χ0v) is 9.85. The van der Waals surface area contributed by atoms with Crippen molar-refractivity contribution >= 4 is 28.8 Å². The number of hydrogen-bond donors (Lipinski definition) is 2. The Morgan fingerprint density at radius 3 is 3.06 bits per heavy atom. The van der Waals surface area contributed by atoms with Gasteiger partial charge in [0.15, 0.2) is 5.69 Å². The number of nitrogens with one attached hydrogen (secondary N) is 2. The molecule has 2 N–H and O–H groups in total. The number of fused-ring (bicyclic) bond motifs is 1. The Balaban J connectivity index is 1.92. The smallest absolute Gasteiger partial charge is 0.277 e. The van der Waals surface area contributed by atoms with E-state index >= 15 is 0 Å². The normalized spacial score (nSPS) is 10.7. The van der Waals surface area contributed by atoms with Crippen LogP contribution >= 0.6 is 11.6 Å². The number of halogens is 1. The van der Waals surface area contributed by atoms with Crippen LogP contribution in [0.1, 0.15) is 10.5 Å². The van der Waals surface area contributed by atoms with Crippen LogP contribution in [0.4, 0.5) is 5.82 Å². The Morgan fingerprint density at radius 2 is 2.28 bits per heavy atom. The lowest BCUT2D eigenvalue weighted by molar-refractivity contribution is 0.102. The molecular weight excluding hydrogens is 254 g/mol. The number of hydrogen-bond acceptors (Lipinski definition) is 3. The van der Waals surface area contributed by atoms with E-state index in [4.69, 9.17) is 11.6 Å². The van der Waals surface area contributed by atoms with Crippen LogP contribution in [-0.4, -0.2) is 25.7 Å². The highest BCUT2D eigenvalue weighted by molar-refractivity contribution is 6.30. The van der Waals surface area contributed by atoms with E-state index < -0.39 is 0 Å². The van der Waals surface area contributed by atoms with Crippen molar-refractivity contribution in [2.75, 3.05) is 5.32 Å². The summed E-state index contributed by atoms with van der Waals surface area (Å²) in [5, 5.41) is 13.8. The molecule has 6 nitrogen and oxygen atoms in total. The van der Waals surface area contributed by atoms with Gasteiger partial charge in [0.1, 0.15) is 5.82 Å². The second-order valence-corrected chi connectivity index (χ2v) is 4.10. The number of aromatic nitrogens is 4. The summed E-state index contributed by atoms with van der Waals surface area (Å²) in [5.74, 6) is 0.217. The monoisotopic (exact) mass is 261 g/mol. The van der Waals surface area contributed by atoms with Crippen LogP contribution in [0.2, 0.25) is 5.02 Å². The van der Waals surface area contributed by atoms with E-state index in [2.05, 4.69) is 20.6 Å². The highest BCUT2D eigenvalue weighted by Gasteiger charge is 2.11. The third-order valence-corrected chi connectivity index (χ3v) is 2.64. The molecule has 0 fully saturated rings. The molecule has 0 atom stereocenters. The molecule has 0 saturated heterocycles. The first kappa shape index (κ1) is 10.8. The number of aromatic amines is 1. The predicted octanol–water partition coefficient (Wildman–Crippen LogP) is 1.96. The van der Waals surface area contributed by atoms with Crippen LogP contribution in [0, 0.1) is 0 Å². The minimum atomic E-state index is -0.306. The molecule has 1 amide bonds. The van der Waals surface area contributed by atoms with E-state index in [9.17, 15) is 4.79 Å². The average molecular weight is 262 g/mol. The lowest BCUT2D eigenvalue weighted by atomic mass is 10.3. The molecule has 0 aliphatic heterocycles. The van der Waals surface area contributed by atoms with Crippen molar-refractivity contribution in [2.24, 2.45) is 0 Å². The van der Waals surface area contributed by atoms with E-state index in [1.165, 1.54) is 0 Å². The van der Waals surface area contributed by atoms with Gasteiger partial charge in [0.25, 0.3) is 5.91 Å². The van der Waals surface area contributed by atoms with Gasteiger partial charge in [-0.15, -0.1) is 0 Å². The summed E-state index contributed by atoms with van der Waals surface area (Å²) in [4.78, 5) is 11.9. The highest BCUT2D eigenvalue weighted by atomic mass is 35.5. The van der Waals surface area contributed by atoms with Crippen molar-refractivity contribution in [1.82, 2.24) is 19.8 Å². The van der Waals surface area contributed by atoms with E-state index in [-0.39, 0.29) is 5.91 Å². The maximum Gasteiger partial charge on any atom is 0.277 e. The summed E-state index contributed by atoms with van der Waals surface area (Å²) in [7, 11) is 0. The van der Waals surface area contributed by atoms with Gasteiger partial charge in [-0.25, -0.2) is 4.52 Å². The number of amides is 1. The van der Waals surface area contributed by atoms with Crippen LogP contribution in [0.3, 0.4) is 0 Å². The summed E-state index contributed by atoms with van der Waals surface area (Å²) >= 11 is 5.87. The van der Waals surface area contributed by atoms with Crippen molar-refractivity contribution in [1.29, 1.82) is 0 Å². The quantitative estimate of drug-likeness (QED) is 0.740. The van der Waals surface area contributed by atoms with Gasteiger partial charge in [0.05, 0.1) is 11.7 Å². The minimum Gasteiger partial charge on any atom is -0.306 e. The third kappa shape index (κ3) is 1.93. The predicted molar refractivity (Wildman–Crippen MR) is 66.7 cm³/mol. The lowest BCUT2D eigenvalue weighted by Crippen LogP contribution is -2.12. The zero-order chi connectivity index (χ0) is 12.5. The molecule has 18 heavy (non-hydrogen) atoms. The fourth-order valence-corrected chi connectivity index (χ4v) is 1.76. The van der Waals surface area contributed by atoms with Crippen LogP contribution < -0.4 is 5.32 Å². The summed E-state index contributed by atoms with van der Waals surface area (Å²) < 4.78 is 1.59. The average Bonchev–Trinajstić information content (AvgIpc) is 2.96. The van der Waals surface area contributed by atoms with Crippen molar-refractivity contribution in [2.45, 2.75) is 0 Å². The number of H-pyrrole nitrogens is 1. The molecule has 0 radical (unpaired) electrons. The van der Waals surface area contributed by atoms with E-state index in [1.807, 2.05) is 0 Å². The Morgan fingerprint density at radius 1 is 1.39 bits per heavy atom. The van der Waals surface area contributed by atoms with E-state index in [0.717, 1.165) is 5.52 Å². The fourth-order valence-electron chi connectivity index (χ4n) is 1.59. The minimum absolute atomic E-state index is 0.306. The number of pyridine rings is 1. The van der Waals surface area contributed by atoms with Gasteiger partial charge in [-0.05, 0) is 18.2 Å². The van der Waals surface area contributed by atoms with Gasteiger partial charge in [-0.1, -0.05) is 11.6 Å². The SMILES string of the molecule is O=C(Nc1ccn[nH]1)c1cc2cc(Cl)ccn2n1. The third-order valence-electron chi connectivity index (χ3n) is 2.41. The number of anilines is 1. The molecule has 3 rings (SSSR count). The number of nitrogens with zero attached hydrogens (tertiary/aromatic N) is 3. The zero-order valence-electron chi connectivity index (χ0n) is 9.09. The highest BCUT2D eigenvalue weighted by Crippen LogP contribution is 2.14. The molecule has 90 valence electrons. The van der Waals surface area contributed by atoms with Crippen molar-refractivity contribution in [3.8, 4) is 0 Å². The number of carbonyl (C=O) groups excluding carboxylic acids is 1. The molecule has 7 heteroatoms. The second-order valence-electron chi connectivity index (χ2n) is 3.67.